The van der Waals surface area contributed by atoms with Crippen LogP contribution in [-0.2, 0) is 15.6 Å². The standard InChI is InChI=1S/C12H10F3NO3S/c13-12(14,15)19-10-5-3-9(4-6-10)8-20(17,18)11-2-1-7-16-11/h1-7,16H,8H2. The molecule has 4 nitrogen and oxygen atoms in total. The fourth-order valence-electron chi connectivity index (χ4n) is 1.59. The molecular formula is C12H10F3NO3S. The van der Waals surface area contributed by atoms with Gasteiger partial charge in [-0.25, -0.2) is 8.42 Å². The van der Waals surface area contributed by atoms with Crippen molar-refractivity contribution in [1.29, 1.82) is 0 Å². The molecule has 0 spiro atoms. The van der Waals surface area contributed by atoms with E-state index < -0.39 is 21.9 Å². The van der Waals surface area contributed by atoms with Gasteiger partial charge in [-0.15, -0.1) is 13.2 Å². The Morgan fingerprint density at radius 1 is 1.10 bits per heavy atom. The smallest absolute Gasteiger partial charge is 0.406 e. The van der Waals surface area contributed by atoms with Crippen LogP contribution in [0.15, 0.2) is 47.6 Å². The zero-order chi connectivity index (χ0) is 14.8. The van der Waals surface area contributed by atoms with E-state index >= 15 is 0 Å². The number of alkyl halides is 3. The highest BCUT2D eigenvalue weighted by molar-refractivity contribution is 7.90. The van der Waals surface area contributed by atoms with Crippen molar-refractivity contribution in [2.45, 2.75) is 17.1 Å². The van der Waals surface area contributed by atoms with Crippen LogP contribution in [0.4, 0.5) is 13.2 Å². The lowest BCUT2D eigenvalue weighted by Gasteiger charge is -2.09. The molecule has 108 valence electrons. The van der Waals surface area contributed by atoms with E-state index in [1.807, 2.05) is 0 Å². The summed E-state index contributed by atoms with van der Waals surface area (Å²) in [6.07, 6.45) is -3.29. The molecule has 0 amide bonds. The summed E-state index contributed by atoms with van der Waals surface area (Å²) < 4.78 is 63.5. The van der Waals surface area contributed by atoms with E-state index in [0.29, 0.717) is 5.56 Å². The molecule has 2 rings (SSSR count). The van der Waals surface area contributed by atoms with Gasteiger partial charge in [0, 0.05) is 6.20 Å². The summed E-state index contributed by atoms with van der Waals surface area (Å²) in [5.41, 5.74) is 0.370. The molecule has 8 heteroatoms. The highest BCUT2D eigenvalue weighted by Crippen LogP contribution is 2.23. The van der Waals surface area contributed by atoms with Gasteiger partial charge in [-0.2, -0.15) is 0 Å². The Kier molecular flexibility index (Phi) is 3.76. The van der Waals surface area contributed by atoms with Crippen LogP contribution in [0.5, 0.6) is 5.75 Å². The van der Waals surface area contributed by atoms with Crippen molar-refractivity contribution in [1.82, 2.24) is 4.98 Å². The topological polar surface area (TPSA) is 59.2 Å². The third-order valence-corrected chi connectivity index (χ3v) is 4.06. The average Bonchev–Trinajstić information content (AvgIpc) is 2.84. The van der Waals surface area contributed by atoms with Gasteiger partial charge in [-0.05, 0) is 29.8 Å². The molecular weight excluding hydrogens is 295 g/mol. The van der Waals surface area contributed by atoms with Gasteiger partial charge in [0.25, 0.3) is 0 Å². The molecule has 1 heterocycles. The quantitative estimate of drug-likeness (QED) is 0.945. The van der Waals surface area contributed by atoms with E-state index in [2.05, 4.69) is 9.72 Å². The largest absolute Gasteiger partial charge is 0.573 e. The summed E-state index contributed by atoms with van der Waals surface area (Å²) in [5, 5.41) is 0.0631. The van der Waals surface area contributed by atoms with Crippen LogP contribution >= 0.6 is 0 Å². The maximum Gasteiger partial charge on any atom is 0.573 e. The summed E-state index contributed by atoms with van der Waals surface area (Å²) in [5.74, 6) is -0.696. The van der Waals surface area contributed by atoms with Gasteiger partial charge in [0.1, 0.15) is 10.8 Å². The zero-order valence-corrected chi connectivity index (χ0v) is 10.8. The van der Waals surface area contributed by atoms with Gasteiger partial charge in [-0.1, -0.05) is 12.1 Å². The second-order valence-corrected chi connectivity index (χ2v) is 5.94. The summed E-state index contributed by atoms with van der Waals surface area (Å²) in [6, 6.07) is 7.67. The maximum atomic E-state index is 12.0. The molecule has 0 saturated heterocycles. The molecule has 0 fully saturated rings. The first-order valence-electron chi connectivity index (χ1n) is 5.47. The normalized spacial score (nSPS) is 12.3. The molecule has 2 aromatic rings. The number of hydrogen-bond donors (Lipinski definition) is 1. The first-order chi connectivity index (χ1) is 9.26. The van der Waals surface area contributed by atoms with Crippen LogP contribution in [0.2, 0.25) is 0 Å². The van der Waals surface area contributed by atoms with Crippen molar-refractivity contribution in [3.05, 3.63) is 48.2 Å². The van der Waals surface area contributed by atoms with Crippen molar-refractivity contribution < 1.29 is 26.3 Å². The Morgan fingerprint density at radius 3 is 2.25 bits per heavy atom. The maximum absolute atomic E-state index is 12.0. The molecule has 0 aliphatic heterocycles. The lowest BCUT2D eigenvalue weighted by Crippen LogP contribution is -2.17. The van der Waals surface area contributed by atoms with E-state index in [1.54, 1.807) is 6.07 Å². The molecule has 0 saturated carbocycles. The first-order valence-corrected chi connectivity index (χ1v) is 7.12. The molecule has 0 atom stereocenters. The van der Waals surface area contributed by atoms with E-state index in [4.69, 9.17) is 0 Å². The minimum atomic E-state index is -4.77. The number of aromatic amines is 1. The van der Waals surface area contributed by atoms with Crippen molar-refractivity contribution in [2.24, 2.45) is 0 Å². The van der Waals surface area contributed by atoms with Crippen molar-refractivity contribution in [3.8, 4) is 5.75 Å². The van der Waals surface area contributed by atoms with E-state index in [9.17, 15) is 21.6 Å². The zero-order valence-electron chi connectivity index (χ0n) is 10.0. The number of rotatable bonds is 4. The number of aromatic nitrogens is 1. The predicted molar refractivity (Wildman–Crippen MR) is 64.8 cm³/mol. The number of nitrogens with one attached hydrogen (secondary N) is 1. The van der Waals surface area contributed by atoms with Crippen LogP contribution in [-0.4, -0.2) is 19.8 Å². The number of benzene rings is 1. The average molecular weight is 305 g/mol. The molecule has 1 aromatic carbocycles. The molecule has 0 bridgehead atoms. The number of halogens is 3. The molecule has 0 aliphatic rings. The highest BCUT2D eigenvalue weighted by Gasteiger charge is 2.31. The second-order valence-electron chi connectivity index (χ2n) is 3.99. The SMILES string of the molecule is O=S(=O)(Cc1ccc(OC(F)(F)F)cc1)c1ccc[nH]1. The number of H-pyrrole nitrogens is 1. The highest BCUT2D eigenvalue weighted by atomic mass is 32.2. The van der Waals surface area contributed by atoms with Gasteiger partial charge in [0.2, 0.25) is 0 Å². The Balaban J connectivity index is 2.12. The monoisotopic (exact) mass is 305 g/mol. The number of hydrogen-bond acceptors (Lipinski definition) is 3. The number of sulfone groups is 1. The Labute approximate surface area is 113 Å². The lowest BCUT2D eigenvalue weighted by atomic mass is 10.2. The van der Waals surface area contributed by atoms with Crippen LogP contribution in [0.3, 0.4) is 0 Å². The van der Waals surface area contributed by atoms with Crippen LogP contribution in [0, 0.1) is 0 Å². The van der Waals surface area contributed by atoms with Gasteiger partial charge in [0.05, 0.1) is 5.75 Å². The minimum Gasteiger partial charge on any atom is -0.406 e. The number of ether oxygens (including phenoxy) is 1. The molecule has 20 heavy (non-hydrogen) atoms. The van der Waals surface area contributed by atoms with Crippen LogP contribution < -0.4 is 4.74 Å². The van der Waals surface area contributed by atoms with E-state index in [-0.39, 0.29) is 10.8 Å². The van der Waals surface area contributed by atoms with E-state index in [1.165, 1.54) is 24.4 Å². The molecule has 1 aromatic heterocycles. The van der Waals surface area contributed by atoms with Gasteiger partial charge in [-0.3, -0.25) is 0 Å². The molecule has 0 aliphatic carbocycles. The third-order valence-electron chi connectivity index (χ3n) is 2.42. The molecule has 0 unspecified atom stereocenters. The predicted octanol–water partition coefficient (Wildman–Crippen LogP) is 2.89. The Morgan fingerprint density at radius 2 is 1.75 bits per heavy atom. The fourth-order valence-corrected chi connectivity index (χ4v) is 2.91. The van der Waals surface area contributed by atoms with Gasteiger partial charge in [0.15, 0.2) is 9.84 Å². The van der Waals surface area contributed by atoms with Crippen LogP contribution in [0.25, 0.3) is 0 Å². The summed E-state index contributed by atoms with van der Waals surface area (Å²) in [7, 11) is -3.54. The fraction of sp³-hybridized carbons (Fsp3) is 0.167. The van der Waals surface area contributed by atoms with Crippen molar-refractivity contribution in [2.75, 3.05) is 0 Å². The lowest BCUT2D eigenvalue weighted by molar-refractivity contribution is -0.274. The second kappa shape index (κ2) is 5.20. The summed E-state index contributed by atoms with van der Waals surface area (Å²) in [6.45, 7) is 0. The van der Waals surface area contributed by atoms with Crippen molar-refractivity contribution in [3.63, 3.8) is 0 Å². The summed E-state index contributed by atoms with van der Waals surface area (Å²) in [4.78, 5) is 2.58. The molecule has 1 N–H and O–H groups in total. The Bertz CT molecular complexity index is 661. The van der Waals surface area contributed by atoms with E-state index in [0.717, 1.165) is 12.1 Å². The van der Waals surface area contributed by atoms with Crippen LogP contribution in [0.1, 0.15) is 5.56 Å². The van der Waals surface area contributed by atoms with Gasteiger partial charge >= 0.3 is 6.36 Å². The third kappa shape index (κ3) is 3.77. The molecule has 0 radical (unpaired) electrons. The summed E-state index contributed by atoms with van der Waals surface area (Å²) >= 11 is 0. The minimum absolute atomic E-state index is 0.0631. The Hall–Kier alpha value is -1.96. The first kappa shape index (κ1) is 14.4. The van der Waals surface area contributed by atoms with Crippen molar-refractivity contribution >= 4 is 9.84 Å². The van der Waals surface area contributed by atoms with Gasteiger partial charge < -0.3 is 9.72 Å².